The van der Waals surface area contributed by atoms with Crippen LogP contribution in [0.5, 0.6) is 28.7 Å². The van der Waals surface area contributed by atoms with E-state index in [9.17, 15) is 24.0 Å². The molecule has 0 atom stereocenters. The Hall–Kier alpha value is -6.46. The molecule has 0 spiro atoms. The van der Waals surface area contributed by atoms with Crippen molar-refractivity contribution in [2.75, 3.05) is 13.2 Å². The van der Waals surface area contributed by atoms with E-state index in [4.69, 9.17) is 40.0 Å². The van der Waals surface area contributed by atoms with Gasteiger partial charge < -0.3 is 28.4 Å². The van der Waals surface area contributed by atoms with Crippen LogP contribution in [-0.2, 0) is 4.74 Å². The van der Waals surface area contributed by atoms with Crippen LogP contribution in [0.15, 0.2) is 115 Å². The van der Waals surface area contributed by atoms with Gasteiger partial charge in [-0.1, -0.05) is 167 Å². The molecule has 5 rings (SSSR count). The van der Waals surface area contributed by atoms with E-state index in [1.54, 1.807) is 36.4 Å². The fourth-order valence-corrected chi connectivity index (χ4v) is 8.51. The second kappa shape index (κ2) is 34.9. The number of benzene rings is 5. The lowest BCUT2D eigenvalue weighted by Gasteiger charge is -2.10. The zero-order valence-electron chi connectivity index (χ0n) is 44.2. The molecular formula is C63H77ClO11. The first-order chi connectivity index (χ1) is 36.6. The van der Waals surface area contributed by atoms with E-state index in [-0.39, 0.29) is 44.7 Å². The molecule has 0 aliphatic carbocycles. The lowest BCUT2D eigenvalue weighted by molar-refractivity contribution is 0.0496. The van der Waals surface area contributed by atoms with Gasteiger partial charge in [-0.2, -0.15) is 0 Å². The monoisotopic (exact) mass is 1040 g/mol. The number of rotatable bonds is 36. The number of hydrogen-bond acceptors (Lipinski definition) is 11. The summed E-state index contributed by atoms with van der Waals surface area (Å²) in [6.07, 6.45) is 30.1. The highest BCUT2D eigenvalue weighted by atomic mass is 35.5. The Labute approximate surface area is 449 Å². The van der Waals surface area contributed by atoms with Crippen LogP contribution in [0, 0.1) is 0 Å². The van der Waals surface area contributed by atoms with Crippen molar-refractivity contribution in [3.63, 3.8) is 0 Å². The summed E-state index contributed by atoms with van der Waals surface area (Å²) in [7, 11) is 0. The second-order valence-electron chi connectivity index (χ2n) is 19.1. The molecule has 0 fully saturated rings. The summed E-state index contributed by atoms with van der Waals surface area (Å²) in [6.45, 7) is 5.48. The summed E-state index contributed by atoms with van der Waals surface area (Å²) in [4.78, 5) is 64.6. The van der Waals surface area contributed by atoms with Crippen molar-refractivity contribution >= 4 is 41.4 Å². The first-order valence-corrected chi connectivity index (χ1v) is 27.9. The first-order valence-electron chi connectivity index (χ1n) is 27.5. The van der Waals surface area contributed by atoms with Gasteiger partial charge in [0.2, 0.25) is 0 Å². The molecule has 0 radical (unpaired) electrons. The molecule has 0 unspecified atom stereocenters. The quantitative estimate of drug-likeness (QED) is 0.0215. The molecule has 0 N–H and O–H groups in total. The number of unbranched alkanes of at least 4 members (excludes halogenated alkanes) is 22. The van der Waals surface area contributed by atoms with Crippen LogP contribution >= 0.6 is 11.6 Å². The van der Waals surface area contributed by atoms with Gasteiger partial charge in [-0.3, -0.25) is 0 Å². The standard InChI is InChI=1S/C63H77ClO11/c1-3-5-7-9-11-13-15-17-19-21-23-25-45-70-53-36-27-49(28-37-53)60(66)73-55-42-33-51(34-43-55)62(68)75-58-47-52(35-44-57(58)64)63(69)74-56-40-31-50(32-41-56)61(67)72-54-38-29-48(30-39-54)59(65)71-46-26-24-22-20-18-16-14-12-10-8-6-4-2/h27-44,47H,3-26,45-46H2,1-2H3. The Kier molecular flexibility index (Phi) is 27.7. The maximum Gasteiger partial charge on any atom is 0.343 e. The van der Waals surface area contributed by atoms with E-state index in [1.165, 1.54) is 201 Å². The fourth-order valence-electron chi connectivity index (χ4n) is 8.35. The Bertz CT molecular complexity index is 2470. The molecular weight excluding hydrogens is 968 g/mol. The van der Waals surface area contributed by atoms with E-state index in [0.717, 1.165) is 32.1 Å². The Morgan fingerprint density at radius 1 is 0.320 bits per heavy atom. The molecule has 0 aliphatic heterocycles. The maximum atomic E-state index is 13.1. The SMILES string of the molecule is CCCCCCCCCCCCCCOC(=O)c1ccc(OC(=O)c2ccc(OC(=O)c3ccc(Cl)c(OC(=O)c4ccc(OC(=O)c5ccc(OCCCCCCCCCCCCCC)cc5)cc4)c3)cc2)cc1. The predicted octanol–water partition coefficient (Wildman–Crippen LogP) is 17.2. The van der Waals surface area contributed by atoms with E-state index in [1.807, 2.05) is 0 Å². The molecule has 12 heteroatoms. The van der Waals surface area contributed by atoms with Gasteiger partial charge >= 0.3 is 29.8 Å². The minimum Gasteiger partial charge on any atom is -0.494 e. The number of esters is 5. The van der Waals surface area contributed by atoms with Crippen LogP contribution < -0.4 is 23.7 Å². The molecule has 5 aromatic rings. The zero-order valence-corrected chi connectivity index (χ0v) is 45.0. The first kappa shape index (κ1) is 59.4. The van der Waals surface area contributed by atoms with Crippen molar-refractivity contribution in [3.8, 4) is 28.7 Å². The minimum absolute atomic E-state index is 0.0452. The number of carbonyl (C=O) groups is 5. The minimum atomic E-state index is -0.768. The van der Waals surface area contributed by atoms with Gasteiger partial charge in [-0.25, -0.2) is 24.0 Å². The number of hydrogen-bond donors (Lipinski definition) is 0. The third-order valence-electron chi connectivity index (χ3n) is 12.9. The fraction of sp³-hybridized carbons (Fsp3) is 0.444. The summed E-state index contributed by atoms with van der Waals surface area (Å²) in [5.74, 6) is -1.96. The lowest BCUT2D eigenvalue weighted by atomic mass is 10.1. The van der Waals surface area contributed by atoms with Gasteiger partial charge in [0.05, 0.1) is 46.1 Å². The molecule has 0 heterocycles. The van der Waals surface area contributed by atoms with Crippen molar-refractivity contribution in [2.24, 2.45) is 0 Å². The van der Waals surface area contributed by atoms with Gasteiger partial charge in [-0.15, -0.1) is 0 Å². The van der Waals surface area contributed by atoms with Crippen molar-refractivity contribution < 1.29 is 52.4 Å². The highest BCUT2D eigenvalue weighted by Crippen LogP contribution is 2.28. The van der Waals surface area contributed by atoms with Crippen LogP contribution in [0.4, 0.5) is 0 Å². The van der Waals surface area contributed by atoms with Crippen LogP contribution in [0.1, 0.15) is 220 Å². The van der Waals surface area contributed by atoms with E-state index >= 15 is 0 Å². The highest BCUT2D eigenvalue weighted by molar-refractivity contribution is 6.32. The normalized spacial score (nSPS) is 10.9. The number of carbonyl (C=O) groups excluding carboxylic acids is 5. The molecule has 0 saturated heterocycles. The van der Waals surface area contributed by atoms with Crippen LogP contribution in [0.2, 0.25) is 5.02 Å². The largest absolute Gasteiger partial charge is 0.494 e. The van der Waals surface area contributed by atoms with Gasteiger partial charge in [0.1, 0.15) is 23.0 Å². The summed E-state index contributed by atoms with van der Waals surface area (Å²) < 4.78 is 33.4. The summed E-state index contributed by atoms with van der Waals surface area (Å²) in [5.41, 5.74) is 1.10. The molecule has 0 aliphatic rings. The predicted molar refractivity (Wildman–Crippen MR) is 295 cm³/mol. The Morgan fingerprint density at radius 3 is 1.00 bits per heavy atom. The maximum absolute atomic E-state index is 13.1. The van der Waals surface area contributed by atoms with Crippen molar-refractivity contribution in [1.29, 1.82) is 0 Å². The summed E-state index contributed by atoms with van der Waals surface area (Å²) in [6, 6.07) is 28.7. The molecule has 75 heavy (non-hydrogen) atoms. The average Bonchev–Trinajstić information content (AvgIpc) is 3.42. The number of ether oxygens (including phenoxy) is 6. The third kappa shape index (κ3) is 22.9. The molecule has 5 aromatic carbocycles. The Morgan fingerprint density at radius 2 is 0.613 bits per heavy atom. The topological polar surface area (TPSA) is 141 Å². The Balaban J connectivity index is 0.971. The molecule has 0 amide bonds. The molecule has 0 saturated carbocycles. The van der Waals surface area contributed by atoms with Crippen molar-refractivity contribution in [2.45, 2.75) is 168 Å². The van der Waals surface area contributed by atoms with Gasteiger partial charge in [-0.05, 0) is 128 Å². The van der Waals surface area contributed by atoms with E-state index in [2.05, 4.69) is 13.8 Å². The molecule has 0 aromatic heterocycles. The van der Waals surface area contributed by atoms with Crippen molar-refractivity contribution in [3.05, 3.63) is 148 Å². The van der Waals surface area contributed by atoms with Crippen LogP contribution in [-0.4, -0.2) is 43.1 Å². The molecule has 402 valence electrons. The second-order valence-corrected chi connectivity index (χ2v) is 19.5. The zero-order chi connectivity index (χ0) is 53.3. The molecule has 11 nitrogen and oxygen atoms in total. The van der Waals surface area contributed by atoms with E-state index in [0.29, 0.717) is 30.1 Å². The van der Waals surface area contributed by atoms with Gasteiger partial charge in [0.25, 0.3) is 0 Å². The number of halogens is 1. The molecule has 0 bridgehead atoms. The van der Waals surface area contributed by atoms with E-state index < -0.39 is 29.8 Å². The smallest absolute Gasteiger partial charge is 0.343 e. The third-order valence-corrected chi connectivity index (χ3v) is 13.2. The van der Waals surface area contributed by atoms with Crippen LogP contribution in [0.3, 0.4) is 0 Å². The lowest BCUT2D eigenvalue weighted by Crippen LogP contribution is -2.12. The van der Waals surface area contributed by atoms with Gasteiger partial charge in [0, 0.05) is 0 Å². The van der Waals surface area contributed by atoms with Crippen LogP contribution in [0.25, 0.3) is 0 Å². The summed E-state index contributed by atoms with van der Waals surface area (Å²) in [5, 5.41) is 0.0775. The summed E-state index contributed by atoms with van der Waals surface area (Å²) >= 11 is 6.34. The van der Waals surface area contributed by atoms with Crippen molar-refractivity contribution in [1.82, 2.24) is 0 Å². The van der Waals surface area contributed by atoms with Gasteiger partial charge in [0.15, 0.2) is 5.75 Å². The average molecular weight is 1050 g/mol. The highest BCUT2D eigenvalue weighted by Gasteiger charge is 2.18.